The molecule has 0 saturated heterocycles. The summed E-state index contributed by atoms with van der Waals surface area (Å²) in [7, 11) is 0. The van der Waals surface area contributed by atoms with Gasteiger partial charge >= 0.3 is 35.0 Å². The highest BCUT2D eigenvalue weighted by molar-refractivity contribution is 5.70. The largest absolute Gasteiger partial charge is 0.463 e. The first-order valence-corrected chi connectivity index (χ1v) is 19.3. The molecule has 1 heterocycles. The molecule has 3 unspecified atom stereocenters. The van der Waals surface area contributed by atoms with Crippen LogP contribution in [0, 0.1) is 0 Å². The van der Waals surface area contributed by atoms with E-state index in [9.17, 15) is 28.8 Å². The Balaban J connectivity index is 0.915. The van der Waals surface area contributed by atoms with E-state index in [0.29, 0.717) is 0 Å². The van der Waals surface area contributed by atoms with Gasteiger partial charge in [0.05, 0.1) is 57.4 Å². The van der Waals surface area contributed by atoms with Crippen molar-refractivity contribution < 1.29 is 42.8 Å². The van der Waals surface area contributed by atoms with Crippen molar-refractivity contribution in [2.24, 2.45) is 0 Å². The molecule has 7 rings (SSSR count). The minimum Gasteiger partial charge on any atom is -0.463 e. The highest BCUT2D eigenvalue weighted by Crippen LogP contribution is 2.37. The molecule has 0 bridgehead atoms. The highest BCUT2D eigenvalue weighted by atomic mass is 16.6. The number of aromatic nitrogens is 3. The molecule has 1 aromatic heterocycles. The second kappa shape index (κ2) is 18.5. The Morgan fingerprint density at radius 3 is 1.00 bits per heavy atom. The van der Waals surface area contributed by atoms with Crippen molar-refractivity contribution in [2.45, 2.75) is 76.5 Å². The number of hydrogen-bond acceptors (Lipinski definition) is 12. The van der Waals surface area contributed by atoms with Crippen LogP contribution in [-0.4, -0.2) is 71.3 Å². The maximum atomic E-state index is 13.5. The van der Waals surface area contributed by atoms with Crippen LogP contribution in [0.3, 0.4) is 0 Å². The molecule has 3 aliphatic carbocycles. The van der Waals surface area contributed by atoms with Crippen LogP contribution in [0.1, 0.15) is 71.0 Å². The zero-order chi connectivity index (χ0) is 39.7. The van der Waals surface area contributed by atoms with Crippen molar-refractivity contribution >= 4 is 17.9 Å². The van der Waals surface area contributed by atoms with Gasteiger partial charge in [0.2, 0.25) is 0 Å². The number of hydrogen-bond donors (Lipinski definition) is 0. The van der Waals surface area contributed by atoms with Crippen LogP contribution in [0.15, 0.2) is 87.2 Å². The van der Waals surface area contributed by atoms with E-state index in [4.69, 9.17) is 28.4 Å². The van der Waals surface area contributed by atoms with Crippen LogP contribution in [0.4, 0.5) is 0 Å². The van der Waals surface area contributed by atoms with E-state index >= 15 is 0 Å². The van der Waals surface area contributed by atoms with Gasteiger partial charge < -0.3 is 28.4 Å². The average molecular weight is 784 g/mol. The van der Waals surface area contributed by atoms with Gasteiger partial charge in [-0.15, -0.1) is 0 Å². The molecule has 0 radical (unpaired) electrons. The minimum atomic E-state index is -1.02. The molecule has 0 saturated carbocycles. The Kier molecular flexibility index (Phi) is 12.9. The predicted molar refractivity (Wildman–Crippen MR) is 202 cm³/mol. The second-order valence-corrected chi connectivity index (χ2v) is 14.0. The van der Waals surface area contributed by atoms with Gasteiger partial charge in [-0.1, -0.05) is 72.8 Å². The highest BCUT2D eigenvalue weighted by Gasteiger charge is 2.28. The monoisotopic (exact) mass is 783 g/mol. The Morgan fingerprint density at radius 2 is 0.719 bits per heavy atom. The number of nitrogens with zero attached hydrogens (tertiary/aromatic N) is 3. The first kappa shape index (κ1) is 39.6. The van der Waals surface area contributed by atoms with Crippen LogP contribution in [-0.2, 0) is 81.7 Å². The van der Waals surface area contributed by atoms with Crippen LogP contribution in [0.25, 0.3) is 0 Å². The topological polar surface area (TPSA) is 173 Å². The molecule has 0 fully saturated rings. The zero-order valence-electron chi connectivity index (χ0n) is 31.5. The van der Waals surface area contributed by atoms with Gasteiger partial charge in [-0.2, -0.15) is 0 Å². The van der Waals surface area contributed by atoms with Gasteiger partial charge in [0.1, 0.15) is 19.8 Å². The van der Waals surface area contributed by atoms with E-state index in [2.05, 4.69) is 0 Å². The maximum Gasteiger partial charge on any atom is 0.336 e. The molecule has 0 spiro atoms. The molecular weight excluding hydrogens is 738 g/mol. The Labute approximate surface area is 327 Å². The first-order chi connectivity index (χ1) is 27.8. The summed E-state index contributed by atoms with van der Waals surface area (Å²) in [6.07, 6.45) is 1.06. The van der Waals surface area contributed by atoms with Crippen molar-refractivity contribution in [1.29, 1.82) is 0 Å². The van der Waals surface area contributed by atoms with Gasteiger partial charge in [0.25, 0.3) is 0 Å². The van der Waals surface area contributed by atoms with Gasteiger partial charge in [-0.25, -0.2) is 28.1 Å². The standard InChI is InChI=1S/C42H45N3O12/c46-37(55-22-19-52-34-25-28-7-1-4-10-31(28)34)13-16-43-40(49)44(17-14-38(47)56-23-20-53-35-26-29-8-2-5-11-32(29)35)42(51)45(41(43)50)18-15-39(48)57-24-21-54-36-27-30-9-3-6-12-33(30)36/h1-12,34-36H,13-27H2. The fourth-order valence-electron chi connectivity index (χ4n) is 7.20. The lowest BCUT2D eigenvalue weighted by molar-refractivity contribution is -0.147. The molecule has 15 nitrogen and oxygen atoms in total. The normalized spacial score (nSPS) is 17.2. The molecule has 3 atom stereocenters. The quantitative estimate of drug-likeness (QED) is 0.0689. The lowest BCUT2D eigenvalue weighted by Crippen LogP contribution is -2.55. The van der Waals surface area contributed by atoms with E-state index in [1.807, 2.05) is 72.8 Å². The van der Waals surface area contributed by atoms with Gasteiger partial charge in [-0.05, 0) is 33.4 Å². The summed E-state index contributed by atoms with van der Waals surface area (Å²) in [4.78, 5) is 78.3. The number of esters is 3. The number of ether oxygens (including phenoxy) is 6. The smallest absolute Gasteiger partial charge is 0.336 e. The third-order valence-corrected chi connectivity index (χ3v) is 10.4. The van der Waals surface area contributed by atoms with E-state index < -0.39 is 54.6 Å². The summed E-state index contributed by atoms with van der Waals surface area (Å²) in [5, 5.41) is 0. The number of benzene rings is 3. The molecule has 0 amide bonds. The first-order valence-electron chi connectivity index (χ1n) is 19.3. The van der Waals surface area contributed by atoms with E-state index in [1.165, 1.54) is 16.7 Å². The van der Waals surface area contributed by atoms with Gasteiger partial charge in [-0.3, -0.25) is 14.4 Å². The second-order valence-electron chi connectivity index (χ2n) is 14.0. The third kappa shape index (κ3) is 9.50. The Bertz CT molecular complexity index is 2000. The summed E-state index contributed by atoms with van der Waals surface area (Å²) in [5.74, 6) is -2.05. The SMILES string of the molecule is O=C(CCn1c(=O)n(CCC(=O)OCCOC2Cc3ccccc32)c(=O)n(CCC(=O)OCCOC2Cc3ccccc32)c1=O)OCCOC1Cc2ccccc21. The number of fused-ring (bicyclic) bond motifs is 3. The van der Waals surface area contributed by atoms with Crippen LogP contribution >= 0.6 is 0 Å². The van der Waals surface area contributed by atoms with Crippen molar-refractivity contribution in [3.05, 3.63) is 138 Å². The maximum absolute atomic E-state index is 13.5. The Morgan fingerprint density at radius 1 is 0.439 bits per heavy atom. The number of rotatable bonds is 21. The van der Waals surface area contributed by atoms with Crippen LogP contribution in [0.2, 0.25) is 0 Å². The van der Waals surface area contributed by atoms with E-state index in [0.717, 1.165) is 49.7 Å². The van der Waals surface area contributed by atoms with Crippen molar-refractivity contribution in [2.75, 3.05) is 39.6 Å². The number of carbonyl (C=O) groups excluding carboxylic acids is 3. The molecule has 3 aromatic carbocycles. The fraction of sp³-hybridized carbons (Fsp3) is 0.429. The average Bonchev–Trinajstić information content (AvgIpc) is 3.18. The molecule has 0 N–H and O–H groups in total. The molecule has 3 aliphatic rings. The third-order valence-electron chi connectivity index (χ3n) is 10.4. The lowest BCUT2D eigenvalue weighted by atomic mass is 9.85. The minimum absolute atomic E-state index is 0.0294. The Hall–Kier alpha value is -5.64. The van der Waals surface area contributed by atoms with Crippen molar-refractivity contribution in [3.8, 4) is 0 Å². The molecule has 0 aliphatic heterocycles. The summed E-state index contributed by atoms with van der Waals surface area (Å²) in [5.41, 5.74) is 3.90. The molecule has 4 aromatic rings. The molecule has 300 valence electrons. The lowest BCUT2D eigenvalue weighted by Gasteiger charge is -2.29. The molecule has 15 heteroatoms. The number of carbonyl (C=O) groups is 3. The van der Waals surface area contributed by atoms with Gasteiger partial charge in [0, 0.05) is 38.9 Å². The van der Waals surface area contributed by atoms with Gasteiger partial charge in [0.15, 0.2) is 0 Å². The van der Waals surface area contributed by atoms with Crippen LogP contribution < -0.4 is 17.1 Å². The van der Waals surface area contributed by atoms with Crippen molar-refractivity contribution in [1.82, 2.24) is 13.7 Å². The molecule has 57 heavy (non-hydrogen) atoms. The summed E-state index contributed by atoms with van der Waals surface area (Å²) in [6.45, 7) is -0.833. The summed E-state index contributed by atoms with van der Waals surface area (Å²) in [6, 6.07) is 23.8. The fourth-order valence-corrected chi connectivity index (χ4v) is 7.20. The van der Waals surface area contributed by atoms with E-state index in [-0.39, 0.29) is 77.2 Å². The van der Waals surface area contributed by atoms with Crippen LogP contribution in [0.5, 0.6) is 0 Å². The summed E-state index contributed by atoms with van der Waals surface area (Å²) >= 11 is 0. The predicted octanol–water partition coefficient (Wildman–Crippen LogP) is 2.91. The zero-order valence-corrected chi connectivity index (χ0v) is 31.5. The molecular formula is C42H45N3O12. The van der Waals surface area contributed by atoms with E-state index in [1.54, 1.807) is 0 Å². The summed E-state index contributed by atoms with van der Waals surface area (Å²) < 4.78 is 35.4. The van der Waals surface area contributed by atoms with Crippen molar-refractivity contribution in [3.63, 3.8) is 0 Å².